The molecule has 1 aromatic heterocycles. The number of nitrogens with zero attached hydrogens (tertiary/aromatic N) is 2. The highest BCUT2D eigenvalue weighted by atomic mass is 79.9. The lowest BCUT2D eigenvalue weighted by atomic mass is 10.2. The lowest BCUT2D eigenvalue weighted by Gasteiger charge is -2.26. The van der Waals surface area contributed by atoms with Gasteiger partial charge in [0.05, 0.1) is 19.3 Å². The Balaban J connectivity index is 3.02. The summed E-state index contributed by atoms with van der Waals surface area (Å²) in [5.74, 6) is 0.697. The highest BCUT2D eigenvalue weighted by Gasteiger charge is 2.14. The smallest absolute Gasteiger partial charge is 0.134 e. The molecule has 0 aliphatic heterocycles. The van der Waals surface area contributed by atoms with Gasteiger partial charge in [0.25, 0.3) is 0 Å². The summed E-state index contributed by atoms with van der Waals surface area (Å²) >= 11 is 3.30. The summed E-state index contributed by atoms with van der Waals surface area (Å²) in [4.78, 5) is 6.07. The molecule has 0 aliphatic carbocycles. The van der Waals surface area contributed by atoms with E-state index in [4.69, 9.17) is 5.11 Å². The fourth-order valence-corrected chi connectivity index (χ4v) is 1.62. The van der Waals surface area contributed by atoms with Gasteiger partial charge < -0.3 is 15.1 Å². The van der Waals surface area contributed by atoms with Gasteiger partial charge >= 0.3 is 0 Å². The number of aliphatic hydroxyl groups excluding tert-OH is 2. The molecule has 0 amide bonds. The highest BCUT2D eigenvalue weighted by Crippen LogP contribution is 2.21. The van der Waals surface area contributed by atoms with E-state index in [2.05, 4.69) is 20.9 Å². The van der Waals surface area contributed by atoms with E-state index in [1.807, 2.05) is 24.9 Å². The second kappa shape index (κ2) is 5.44. The van der Waals surface area contributed by atoms with Crippen LogP contribution in [-0.2, 0) is 6.61 Å². The largest absolute Gasteiger partial charge is 0.394 e. The molecule has 5 heteroatoms. The van der Waals surface area contributed by atoms with Gasteiger partial charge in [-0.2, -0.15) is 0 Å². The van der Waals surface area contributed by atoms with Crippen LogP contribution in [0.25, 0.3) is 0 Å². The van der Waals surface area contributed by atoms with Crippen molar-refractivity contribution in [3.8, 4) is 0 Å². The Bertz CT molecular complexity index is 333. The first-order valence-electron chi connectivity index (χ1n) is 4.69. The predicted molar refractivity (Wildman–Crippen MR) is 62.8 cm³/mol. The minimum atomic E-state index is -0.0652. The summed E-state index contributed by atoms with van der Waals surface area (Å²) in [5, 5.41) is 18.2. The Kier molecular flexibility index (Phi) is 4.50. The number of aliphatic hydroxyl groups is 2. The lowest BCUT2D eigenvalue weighted by Crippen LogP contribution is -2.33. The van der Waals surface area contributed by atoms with Gasteiger partial charge in [0.15, 0.2) is 0 Å². The van der Waals surface area contributed by atoms with Gasteiger partial charge in [-0.15, -0.1) is 0 Å². The molecule has 0 saturated heterocycles. The van der Waals surface area contributed by atoms with Gasteiger partial charge in [-0.1, -0.05) is 0 Å². The van der Waals surface area contributed by atoms with E-state index in [-0.39, 0.29) is 19.3 Å². The van der Waals surface area contributed by atoms with Crippen molar-refractivity contribution in [1.29, 1.82) is 0 Å². The summed E-state index contributed by atoms with van der Waals surface area (Å²) in [6, 6.07) is 1.80. The number of pyridine rings is 1. The summed E-state index contributed by atoms with van der Waals surface area (Å²) in [6.45, 7) is 1.88. The van der Waals surface area contributed by atoms with Gasteiger partial charge in [-0.3, -0.25) is 0 Å². The van der Waals surface area contributed by atoms with E-state index < -0.39 is 0 Å². The van der Waals surface area contributed by atoms with Crippen LogP contribution in [0.1, 0.15) is 12.5 Å². The average molecular weight is 275 g/mol. The lowest BCUT2D eigenvalue weighted by molar-refractivity contribution is 0.266. The summed E-state index contributed by atoms with van der Waals surface area (Å²) in [7, 11) is 1.84. The van der Waals surface area contributed by atoms with Crippen LogP contribution in [-0.4, -0.2) is 34.9 Å². The predicted octanol–water partition coefficient (Wildman–Crippen LogP) is 1.15. The fraction of sp³-hybridized carbons (Fsp3) is 0.500. The Morgan fingerprint density at radius 2 is 2.20 bits per heavy atom. The summed E-state index contributed by atoms with van der Waals surface area (Å²) in [6.07, 6.45) is 1.68. The SMILES string of the molecule is CC(CO)N(C)c1ncc(Br)cc1CO. The maximum absolute atomic E-state index is 9.20. The molecule has 2 N–H and O–H groups in total. The van der Waals surface area contributed by atoms with Crippen molar-refractivity contribution >= 4 is 21.7 Å². The topological polar surface area (TPSA) is 56.6 Å². The third-order valence-electron chi connectivity index (χ3n) is 2.34. The van der Waals surface area contributed by atoms with E-state index in [0.717, 1.165) is 10.0 Å². The number of hydrogen-bond acceptors (Lipinski definition) is 4. The van der Waals surface area contributed by atoms with E-state index in [0.29, 0.717) is 5.82 Å². The van der Waals surface area contributed by atoms with Crippen molar-refractivity contribution in [3.05, 3.63) is 22.3 Å². The molecular formula is C10H15BrN2O2. The number of hydrogen-bond donors (Lipinski definition) is 2. The number of halogens is 1. The molecule has 1 aromatic rings. The van der Waals surface area contributed by atoms with E-state index >= 15 is 0 Å². The number of anilines is 1. The van der Waals surface area contributed by atoms with Gasteiger partial charge in [0.2, 0.25) is 0 Å². The molecule has 0 fully saturated rings. The summed E-state index contributed by atoms with van der Waals surface area (Å²) < 4.78 is 0.834. The first kappa shape index (κ1) is 12.4. The first-order chi connectivity index (χ1) is 7.10. The van der Waals surface area contributed by atoms with Gasteiger partial charge in [0, 0.05) is 23.3 Å². The van der Waals surface area contributed by atoms with Crippen molar-refractivity contribution in [2.24, 2.45) is 0 Å². The van der Waals surface area contributed by atoms with Crippen molar-refractivity contribution < 1.29 is 10.2 Å². The molecule has 1 heterocycles. The molecule has 0 aromatic carbocycles. The molecule has 15 heavy (non-hydrogen) atoms. The fourth-order valence-electron chi connectivity index (χ4n) is 1.24. The maximum atomic E-state index is 9.20. The maximum Gasteiger partial charge on any atom is 0.134 e. The molecule has 84 valence electrons. The molecule has 1 rings (SSSR count). The van der Waals surface area contributed by atoms with Gasteiger partial charge in [-0.25, -0.2) is 4.98 Å². The van der Waals surface area contributed by atoms with Crippen molar-refractivity contribution in [2.45, 2.75) is 19.6 Å². The molecule has 0 bridgehead atoms. The summed E-state index contributed by atoms with van der Waals surface area (Å²) in [5.41, 5.74) is 0.743. The average Bonchev–Trinajstić information content (AvgIpc) is 2.26. The van der Waals surface area contributed by atoms with Crippen LogP contribution >= 0.6 is 15.9 Å². The standard InChI is InChI=1S/C10H15BrN2O2/c1-7(5-14)13(2)10-8(6-15)3-9(11)4-12-10/h3-4,7,14-15H,5-6H2,1-2H3. The molecule has 0 spiro atoms. The van der Waals surface area contributed by atoms with Crippen molar-refractivity contribution in [3.63, 3.8) is 0 Å². The number of rotatable bonds is 4. The molecular weight excluding hydrogens is 260 g/mol. The zero-order valence-corrected chi connectivity index (χ0v) is 10.4. The molecule has 1 unspecified atom stereocenters. The molecule has 0 radical (unpaired) electrons. The second-order valence-corrected chi connectivity index (χ2v) is 4.35. The third-order valence-corrected chi connectivity index (χ3v) is 2.77. The molecule has 0 saturated carbocycles. The van der Waals surface area contributed by atoms with Crippen LogP contribution in [0.4, 0.5) is 5.82 Å². The van der Waals surface area contributed by atoms with Crippen molar-refractivity contribution in [1.82, 2.24) is 4.98 Å². The minimum Gasteiger partial charge on any atom is -0.394 e. The van der Waals surface area contributed by atoms with Crippen molar-refractivity contribution in [2.75, 3.05) is 18.6 Å². The molecule has 4 nitrogen and oxygen atoms in total. The molecule has 0 aliphatic rings. The van der Waals surface area contributed by atoms with Gasteiger partial charge in [0.1, 0.15) is 5.82 Å². The van der Waals surface area contributed by atoms with Crippen LogP contribution in [0.2, 0.25) is 0 Å². The Hall–Kier alpha value is -0.650. The van der Waals surface area contributed by atoms with Crippen LogP contribution < -0.4 is 4.90 Å². The zero-order chi connectivity index (χ0) is 11.4. The van der Waals surface area contributed by atoms with Crippen LogP contribution in [0.15, 0.2) is 16.7 Å². The number of aromatic nitrogens is 1. The quantitative estimate of drug-likeness (QED) is 0.865. The minimum absolute atomic E-state index is 0.0241. The Morgan fingerprint density at radius 1 is 1.53 bits per heavy atom. The monoisotopic (exact) mass is 274 g/mol. The van der Waals surface area contributed by atoms with Crippen LogP contribution in [0.5, 0.6) is 0 Å². The van der Waals surface area contributed by atoms with Gasteiger partial charge in [-0.05, 0) is 28.9 Å². The zero-order valence-electron chi connectivity index (χ0n) is 8.81. The van der Waals surface area contributed by atoms with E-state index in [1.165, 1.54) is 0 Å². The normalized spacial score (nSPS) is 12.6. The third kappa shape index (κ3) is 2.90. The Morgan fingerprint density at radius 3 is 2.73 bits per heavy atom. The van der Waals surface area contributed by atoms with E-state index in [1.54, 1.807) is 6.20 Å². The van der Waals surface area contributed by atoms with Crippen LogP contribution in [0.3, 0.4) is 0 Å². The van der Waals surface area contributed by atoms with E-state index in [9.17, 15) is 5.11 Å². The second-order valence-electron chi connectivity index (χ2n) is 3.44. The highest BCUT2D eigenvalue weighted by molar-refractivity contribution is 9.10. The Labute approximate surface area is 97.7 Å². The van der Waals surface area contributed by atoms with Crippen LogP contribution in [0, 0.1) is 0 Å². The number of likely N-dealkylation sites (N-methyl/N-ethyl adjacent to an activating group) is 1. The first-order valence-corrected chi connectivity index (χ1v) is 5.48. The molecule has 1 atom stereocenters.